The monoisotopic (exact) mass is 380 g/mol. The van der Waals surface area contributed by atoms with Gasteiger partial charge in [-0.15, -0.1) is 0 Å². The second kappa shape index (κ2) is 8.94. The number of para-hydroxylation sites is 1. The number of hydrogen-bond donors (Lipinski definition) is 2. The Bertz CT molecular complexity index is 785. The molecule has 0 radical (unpaired) electrons. The van der Waals surface area contributed by atoms with Crippen LogP contribution in [0.3, 0.4) is 0 Å². The van der Waals surface area contributed by atoms with Crippen molar-refractivity contribution < 1.29 is 18.7 Å². The van der Waals surface area contributed by atoms with Gasteiger partial charge < -0.3 is 19.8 Å². The molecule has 1 aromatic carbocycles. The topological polar surface area (TPSA) is 80.6 Å². The van der Waals surface area contributed by atoms with Gasteiger partial charge in [-0.1, -0.05) is 37.6 Å². The largest absolute Gasteiger partial charge is 0.450 e. The van der Waals surface area contributed by atoms with Crippen molar-refractivity contribution >= 4 is 34.6 Å². The molecule has 0 aliphatic rings. The Hall–Kier alpha value is -2.21. The zero-order valence-corrected chi connectivity index (χ0v) is 16.3. The van der Waals surface area contributed by atoms with Crippen molar-refractivity contribution in [3.05, 3.63) is 34.5 Å². The highest BCUT2D eigenvalue weighted by Gasteiger charge is 2.21. The van der Waals surface area contributed by atoms with E-state index < -0.39 is 6.09 Å². The molecule has 6 nitrogen and oxygen atoms in total. The molecule has 0 spiro atoms. The lowest BCUT2D eigenvalue weighted by atomic mass is 10.0. The number of halogens is 1. The molecule has 2 amide bonds. The average Bonchev–Trinajstić information content (AvgIpc) is 2.91. The van der Waals surface area contributed by atoms with Crippen LogP contribution in [0.4, 0.5) is 4.79 Å². The van der Waals surface area contributed by atoms with Gasteiger partial charge in [0.2, 0.25) is 0 Å². The van der Waals surface area contributed by atoms with E-state index in [1.54, 1.807) is 13.0 Å². The smallest absolute Gasteiger partial charge is 0.407 e. The normalized spacial score (nSPS) is 12.2. The van der Waals surface area contributed by atoms with Gasteiger partial charge in [0.05, 0.1) is 11.6 Å². The summed E-state index contributed by atoms with van der Waals surface area (Å²) in [7, 11) is 0. The quantitative estimate of drug-likeness (QED) is 0.751. The maximum Gasteiger partial charge on any atom is 0.407 e. The highest BCUT2D eigenvalue weighted by atomic mass is 35.5. The molecule has 0 saturated carbocycles. The first-order valence-electron chi connectivity index (χ1n) is 8.72. The van der Waals surface area contributed by atoms with Crippen LogP contribution in [0.25, 0.3) is 11.0 Å². The van der Waals surface area contributed by atoms with Gasteiger partial charge in [0, 0.05) is 23.5 Å². The predicted octanol–water partition coefficient (Wildman–Crippen LogP) is 4.29. The van der Waals surface area contributed by atoms with E-state index in [0.29, 0.717) is 29.6 Å². The summed E-state index contributed by atoms with van der Waals surface area (Å²) in [5.41, 5.74) is 1.24. The summed E-state index contributed by atoms with van der Waals surface area (Å²) in [5.74, 6) is 0.243. The molecule has 1 atom stereocenters. The number of carbonyl (C=O) groups excluding carboxylic acids is 2. The Morgan fingerprint density at radius 1 is 1.31 bits per heavy atom. The van der Waals surface area contributed by atoms with Crippen molar-refractivity contribution in [1.82, 2.24) is 10.6 Å². The first-order chi connectivity index (χ1) is 12.3. The van der Waals surface area contributed by atoms with Gasteiger partial charge >= 0.3 is 6.09 Å². The lowest BCUT2D eigenvalue weighted by molar-refractivity contribution is 0.0918. The van der Waals surface area contributed by atoms with Gasteiger partial charge in [-0.3, -0.25) is 4.79 Å². The number of alkyl carbamates (subject to hydrolysis) is 1. The van der Waals surface area contributed by atoms with Gasteiger partial charge in [-0.25, -0.2) is 4.79 Å². The molecule has 2 rings (SSSR count). The fraction of sp³-hybridized carbons (Fsp3) is 0.474. The van der Waals surface area contributed by atoms with Gasteiger partial charge in [0.25, 0.3) is 5.91 Å². The number of aryl methyl sites for hydroxylation is 1. The van der Waals surface area contributed by atoms with Crippen molar-refractivity contribution in [3.8, 4) is 0 Å². The molecule has 26 heavy (non-hydrogen) atoms. The Labute approximate surface area is 158 Å². The molecule has 0 fully saturated rings. The van der Waals surface area contributed by atoms with Crippen LogP contribution >= 0.6 is 11.6 Å². The minimum absolute atomic E-state index is 0.229. The van der Waals surface area contributed by atoms with E-state index in [1.807, 2.05) is 32.9 Å². The van der Waals surface area contributed by atoms with Crippen molar-refractivity contribution in [2.75, 3.05) is 13.2 Å². The number of carbonyl (C=O) groups is 2. The molecule has 142 valence electrons. The van der Waals surface area contributed by atoms with E-state index >= 15 is 0 Å². The summed E-state index contributed by atoms with van der Waals surface area (Å²) in [4.78, 5) is 24.2. The molecule has 0 aliphatic carbocycles. The Balaban J connectivity index is 2.08. The third-order valence-corrected chi connectivity index (χ3v) is 4.28. The number of rotatable bonds is 7. The van der Waals surface area contributed by atoms with Crippen molar-refractivity contribution in [2.45, 2.75) is 40.2 Å². The Kier molecular flexibility index (Phi) is 6.91. The predicted molar refractivity (Wildman–Crippen MR) is 102 cm³/mol. The third-order valence-electron chi connectivity index (χ3n) is 3.98. The summed E-state index contributed by atoms with van der Waals surface area (Å²) in [6, 6.07) is 5.17. The van der Waals surface area contributed by atoms with E-state index in [-0.39, 0.29) is 24.3 Å². The average molecular weight is 381 g/mol. The van der Waals surface area contributed by atoms with Crippen LogP contribution in [0.2, 0.25) is 5.02 Å². The second-order valence-corrected chi connectivity index (χ2v) is 6.98. The maximum atomic E-state index is 12.6. The zero-order chi connectivity index (χ0) is 19.3. The molecule has 7 heteroatoms. The molecule has 2 N–H and O–H groups in total. The number of hydrogen-bond acceptors (Lipinski definition) is 4. The Morgan fingerprint density at radius 3 is 2.65 bits per heavy atom. The third kappa shape index (κ3) is 4.91. The minimum Gasteiger partial charge on any atom is -0.450 e. The number of amides is 2. The number of ether oxygens (including phenoxy) is 1. The Morgan fingerprint density at radius 2 is 2.04 bits per heavy atom. The standard InChI is InChI=1S/C19H25ClN2O4/c1-5-25-19(24)22-13(9-11(2)3)10-21-18(23)16-12(4)14-7-6-8-15(20)17(14)26-16/h6-8,11,13H,5,9-10H2,1-4H3,(H,21,23)(H,22,24). The molecule has 0 bridgehead atoms. The van der Waals surface area contributed by atoms with Crippen LogP contribution in [-0.4, -0.2) is 31.2 Å². The lowest BCUT2D eigenvalue weighted by Gasteiger charge is -2.20. The van der Waals surface area contributed by atoms with Crippen LogP contribution in [0.5, 0.6) is 0 Å². The molecular weight excluding hydrogens is 356 g/mol. The number of fused-ring (bicyclic) bond motifs is 1. The molecule has 1 heterocycles. The van der Waals surface area contributed by atoms with Gasteiger partial charge in [-0.05, 0) is 32.3 Å². The fourth-order valence-electron chi connectivity index (χ4n) is 2.82. The van der Waals surface area contributed by atoms with E-state index in [2.05, 4.69) is 10.6 Å². The van der Waals surface area contributed by atoms with E-state index in [1.165, 1.54) is 0 Å². The van der Waals surface area contributed by atoms with Gasteiger partial charge in [0.1, 0.15) is 0 Å². The van der Waals surface area contributed by atoms with Crippen LogP contribution in [0.1, 0.15) is 43.3 Å². The van der Waals surface area contributed by atoms with Crippen LogP contribution < -0.4 is 10.6 Å². The maximum absolute atomic E-state index is 12.6. The number of furan rings is 1. The highest BCUT2D eigenvalue weighted by Crippen LogP contribution is 2.30. The molecule has 1 unspecified atom stereocenters. The molecular formula is C19H25ClN2O4. The van der Waals surface area contributed by atoms with E-state index in [4.69, 9.17) is 20.8 Å². The molecule has 0 aliphatic heterocycles. The SMILES string of the molecule is CCOC(=O)NC(CNC(=O)c1oc2c(Cl)cccc2c1C)CC(C)C. The molecule has 1 aromatic heterocycles. The van der Waals surface area contributed by atoms with Crippen LogP contribution in [-0.2, 0) is 4.74 Å². The fourth-order valence-corrected chi connectivity index (χ4v) is 3.04. The van der Waals surface area contributed by atoms with Crippen molar-refractivity contribution in [3.63, 3.8) is 0 Å². The van der Waals surface area contributed by atoms with Crippen molar-refractivity contribution in [1.29, 1.82) is 0 Å². The summed E-state index contributed by atoms with van der Waals surface area (Å²) in [5, 5.41) is 6.88. The number of benzene rings is 1. The van der Waals surface area contributed by atoms with Gasteiger partial charge in [-0.2, -0.15) is 0 Å². The first kappa shape index (κ1) is 20.1. The first-order valence-corrected chi connectivity index (χ1v) is 9.10. The molecule has 0 saturated heterocycles. The lowest BCUT2D eigenvalue weighted by Crippen LogP contribution is -2.44. The highest BCUT2D eigenvalue weighted by molar-refractivity contribution is 6.35. The van der Waals surface area contributed by atoms with E-state index in [9.17, 15) is 9.59 Å². The number of nitrogens with one attached hydrogen (secondary N) is 2. The van der Waals surface area contributed by atoms with Crippen LogP contribution in [0, 0.1) is 12.8 Å². The zero-order valence-electron chi connectivity index (χ0n) is 15.5. The minimum atomic E-state index is -0.487. The molecule has 2 aromatic rings. The van der Waals surface area contributed by atoms with E-state index in [0.717, 1.165) is 10.9 Å². The summed E-state index contributed by atoms with van der Waals surface area (Å²) in [6.45, 7) is 8.24. The van der Waals surface area contributed by atoms with Crippen molar-refractivity contribution in [2.24, 2.45) is 5.92 Å². The summed E-state index contributed by atoms with van der Waals surface area (Å²) >= 11 is 6.13. The summed E-state index contributed by atoms with van der Waals surface area (Å²) < 4.78 is 10.6. The van der Waals surface area contributed by atoms with Gasteiger partial charge in [0.15, 0.2) is 11.3 Å². The van der Waals surface area contributed by atoms with Crippen LogP contribution in [0.15, 0.2) is 22.6 Å². The summed E-state index contributed by atoms with van der Waals surface area (Å²) in [6.07, 6.45) is 0.225. The second-order valence-electron chi connectivity index (χ2n) is 6.57.